The quantitative estimate of drug-likeness (QED) is 0.644. The van der Waals surface area contributed by atoms with Gasteiger partial charge in [0, 0.05) is 17.6 Å². The number of halogens is 1. The van der Waals surface area contributed by atoms with Gasteiger partial charge in [0.05, 0.1) is 12.8 Å². The largest absolute Gasteiger partial charge is 0.467 e. The van der Waals surface area contributed by atoms with E-state index in [4.69, 9.17) is 4.42 Å². The van der Waals surface area contributed by atoms with Gasteiger partial charge in [-0.1, -0.05) is 0 Å². The van der Waals surface area contributed by atoms with E-state index in [0.717, 1.165) is 6.42 Å². The second-order valence-corrected chi connectivity index (χ2v) is 7.48. The van der Waals surface area contributed by atoms with Gasteiger partial charge < -0.3 is 20.0 Å². The van der Waals surface area contributed by atoms with Gasteiger partial charge in [-0.25, -0.2) is 9.37 Å². The standard InChI is InChI=1S/C20H19FN4O3S/c21-13-5-7-14(8-6-13)23-20-24-16(12-29-20)19(27)25-9-1-4-17(25)18(26)22-11-15-3-2-10-28-15/h2-3,5-8,10,12,17H,1,4,9,11H2,(H,22,26)(H,23,24)/t17-/m0/s1. The monoisotopic (exact) mass is 414 g/mol. The molecule has 0 radical (unpaired) electrons. The fraction of sp³-hybridized carbons (Fsp3) is 0.250. The number of carbonyl (C=O) groups is 2. The highest BCUT2D eigenvalue weighted by atomic mass is 32.1. The van der Waals surface area contributed by atoms with Crippen molar-refractivity contribution in [3.63, 3.8) is 0 Å². The number of anilines is 2. The van der Waals surface area contributed by atoms with Gasteiger partial charge in [-0.05, 0) is 49.2 Å². The van der Waals surface area contributed by atoms with Crippen molar-refractivity contribution >= 4 is 34.0 Å². The molecule has 2 N–H and O–H groups in total. The lowest BCUT2D eigenvalue weighted by Crippen LogP contribution is -2.45. The molecule has 1 aliphatic heterocycles. The number of furan rings is 1. The Morgan fingerprint density at radius 3 is 2.86 bits per heavy atom. The molecule has 150 valence electrons. The summed E-state index contributed by atoms with van der Waals surface area (Å²) in [5.74, 6) is -0.141. The van der Waals surface area contributed by atoms with Crippen LogP contribution in [0.2, 0.25) is 0 Å². The molecule has 1 fully saturated rings. The van der Waals surface area contributed by atoms with Gasteiger partial charge in [0.15, 0.2) is 5.13 Å². The number of aromatic nitrogens is 1. The van der Waals surface area contributed by atoms with Crippen LogP contribution in [0.25, 0.3) is 0 Å². The number of nitrogens with one attached hydrogen (secondary N) is 2. The molecule has 29 heavy (non-hydrogen) atoms. The molecule has 9 heteroatoms. The summed E-state index contributed by atoms with van der Waals surface area (Å²) in [6.45, 7) is 0.794. The number of benzene rings is 1. The smallest absolute Gasteiger partial charge is 0.274 e. The van der Waals surface area contributed by atoms with Gasteiger partial charge in [-0.2, -0.15) is 0 Å². The van der Waals surface area contributed by atoms with Crippen LogP contribution in [0.5, 0.6) is 0 Å². The van der Waals surface area contributed by atoms with E-state index < -0.39 is 6.04 Å². The molecule has 4 rings (SSSR count). The molecule has 0 aliphatic carbocycles. The molecular weight excluding hydrogens is 395 g/mol. The average Bonchev–Trinajstić information content (AvgIpc) is 3.48. The highest BCUT2D eigenvalue weighted by Crippen LogP contribution is 2.25. The lowest BCUT2D eigenvalue weighted by molar-refractivity contribution is -0.125. The van der Waals surface area contributed by atoms with Gasteiger partial charge in [0.25, 0.3) is 5.91 Å². The summed E-state index contributed by atoms with van der Waals surface area (Å²) in [7, 11) is 0. The molecule has 2 aromatic heterocycles. The number of hydrogen-bond acceptors (Lipinski definition) is 6. The van der Waals surface area contributed by atoms with E-state index in [1.54, 1.807) is 40.8 Å². The number of carbonyl (C=O) groups excluding carboxylic acids is 2. The first-order valence-electron chi connectivity index (χ1n) is 9.19. The Balaban J connectivity index is 1.39. The van der Waals surface area contributed by atoms with E-state index in [-0.39, 0.29) is 29.9 Å². The van der Waals surface area contributed by atoms with Gasteiger partial charge in [-0.3, -0.25) is 9.59 Å². The van der Waals surface area contributed by atoms with Crippen LogP contribution < -0.4 is 10.6 Å². The summed E-state index contributed by atoms with van der Waals surface area (Å²) < 4.78 is 18.2. The molecule has 1 aromatic carbocycles. The highest BCUT2D eigenvalue weighted by molar-refractivity contribution is 7.14. The van der Waals surface area contributed by atoms with Gasteiger partial charge in [0.2, 0.25) is 5.91 Å². The highest BCUT2D eigenvalue weighted by Gasteiger charge is 2.35. The van der Waals surface area contributed by atoms with E-state index in [9.17, 15) is 14.0 Å². The number of hydrogen-bond donors (Lipinski definition) is 2. The Labute approximate surface area is 170 Å². The summed E-state index contributed by atoms with van der Waals surface area (Å²) in [5, 5.41) is 8.05. The number of nitrogens with zero attached hydrogens (tertiary/aromatic N) is 2. The van der Waals surface area contributed by atoms with Crippen molar-refractivity contribution in [3.05, 3.63) is 65.3 Å². The van der Waals surface area contributed by atoms with Crippen molar-refractivity contribution < 1.29 is 18.4 Å². The number of thiazole rings is 1. The fourth-order valence-electron chi connectivity index (χ4n) is 3.22. The summed E-state index contributed by atoms with van der Waals surface area (Å²) >= 11 is 1.28. The van der Waals surface area contributed by atoms with Crippen LogP contribution in [-0.4, -0.2) is 34.3 Å². The predicted molar refractivity (Wildman–Crippen MR) is 106 cm³/mol. The van der Waals surface area contributed by atoms with E-state index in [1.165, 1.54) is 23.5 Å². The van der Waals surface area contributed by atoms with Crippen molar-refractivity contribution in [1.82, 2.24) is 15.2 Å². The van der Waals surface area contributed by atoms with Crippen molar-refractivity contribution in [2.24, 2.45) is 0 Å². The maximum absolute atomic E-state index is 13.0. The third-order valence-corrected chi connectivity index (χ3v) is 5.41. The first kappa shape index (κ1) is 19.1. The molecule has 2 amide bonds. The zero-order valence-corrected chi connectivity index (χ0v) is 16.2. The second-order valence-electron chi connectivity index (χ2n) is 6.62. The molecule has 1 aliphatic rings. The molecular formula is C20H19FN4O3S. The van der Waals surface area contributed by atoms with Crippen molar-refractivity contribution in [2.45, 2.75) is 25.4 Å². The third-order valence-electron chi connectivity index (χ3n) is 4.65. The third kappa shape index (κ3) is 4.45. The lowest BCUT2D eigenvalue weighted by Gasteiger charge is -2.23. The van der Waals surface area contributed by atoms with Crippen LogP contribution in [0, 0.1) is 5.82 Å². The Morgan fingerprint density at radius 2 is 2.10 bits per heavy atom. The minimum absolute atomic E-state index is 0.202. The normalized spacial score (nSPS) is 16.0. The van der Waals surface area contributed by atoms with E-state index in [2.05, 4.69) is 15.6 Å². The van der Waals surface area contributed by atoms with Crippen LogP contribution in [-0.2, 0) is 11.3 Å². The van der Waals surface area contributed by atoms with Crippen LogP contribution >= 0.6 is 11.3 Å². The molecule has 7 nitrogen and oxygen atoms in total. The lowest BCUT2D eigenvalue weighted by atomic mass is 10.2. The first-order valence-corrected chi connectivity index (χ1v) is 10.1. The van der Waals surface area contributed by atoms with Gasteiger partial charge in [0.1, 0.15) is 23.3 Å². The van der Waals surface area contributed by atoms with Crippen molar-refractivity contribution in [1.29, 1.82) is 0 Å². The minimum Gasteiger partial charge on any atom is -0.467 e. The zero-order chi connectivity index (χ0) is 20.2. The van der Waals surface area contributed by atoms with Gasteiger partial charge >= 0.3 is 0 Å². The van der Waals surface area contributed by atoms with Crippen molar-refractivity contribution in [3.8, 4) is 0 Å². The molecule has 0 spiro atoms. The van der Waals surface area contributed by atoms with Crippen LogP contribution in [0.3, 0.4) is 0 Å². The van der Waals surface area contributed by atoms with E-state index >= 15 is 0 Å². The average molecular weight is 414 g/mol. The Kier molecular flexibility index (Phi) is 5.57. The van der Waals surface area contributed by atoms with E-state index in [0.29, 0.717) is 29.5 Å². The van der Waals surface area contributed by atoms with Gasteiger partial charge in [-0.15, -0.1) is 11.3 Å². The molecule has 0 saturated carbocycles. The summed E-state index contributed by atoms with van der Waals surface area (Å²) in [5.41, 5.74) is 0.960. The Hall–Kier alpha value is -3.20. The first-order chi connectivity index (χ1) is 14.1. The number of amides is 2. The summed E-state index contributed by atoms with van der Waals surface area (Å²) in [6.07, 6.45) is 2.92. The molecule has 3 heterocycles. The van der Waals surface area contributed by atoms with Crippen LogP contribution in [0.4, 0.5) is 15.2 Å². The molecule has 3 aromatic rings. The Morgan fingerprint density at radius 1 is 1.28 bits per heavy atom. The van der Waals surface area contributed by atoms with Crippen LogP contribution in [0.15, 0.2) is 52.5 Å². The number of rotatable bonds is 6. The predicted octanol–water partition coefficient (Wildman–Crippen LogP) is 3.54. The SMILES string of the molecule is O=C(NCc1ccco1)[C@@H]1CCCN1C(=O)c1csc(Nc2ccc(F)cc2)n1. The molecule has 1 atom stereocenters. The number of likely N-dealkylation sites (tertiary alicyclic amines) is 1. The summed E-state index contributed by atoms with van der Waals surface area (Å²) in [4.78, 5) is 31.3. The molecule has 0 bridgehead atoms. The zero-order valence-electron chi connectivity index (χ0n) is 15.4. The second kappa shape index (κ2) is 8.44. The van der Waals surface area contributed by atoms with Crippen LogP contribution in [0.1, 0.15) is 29.1 Å². The minimum atomic E-state index is -0.521. The Bertz CT molecular complexity index is 988. The molecule has 1 saturated heterocycles. The maximum atomic E-state index is 13.0. The fourth-order valence-corrected chi connectivity index (χ4v) is 3.93. The van der Waals surface area contributed by atoms with E-state index in [1.807, 2.05) is 0 Å². The summed E-state index contributed by atoms with van der Waals surface area (Å²) in [6, 6.07) is 8.90. The molecule has 0 unspecified atom stereocenters. The topological polar surface area (TPSA) is 87.5 Å². The van der Waals surface area contributed by atoms with Crippen molar-refractivity contribution in [2.75, 3.05) is 11.9 Å². The maximum Gasteiger partial charge on any atom is 0.274 e.